The zero-order valence-electron chi connectivity index (χ0n) is 10.6. The van der Waals surface area contributed by atoms with Gasteiger partial charge < -0.3 is 14.7 Å². The number of nitrogens with one attached hydrogen (secondary N) is 1. The first-order chi connectivity index (χ1) is 8.84. The third-order valence-corrected chi connectivity index (χ3v) is 3.15. The van der Waals surface area contributed by atoms with Crippen LogP contribution in [0.5, 0.6) is 5.75 Å². The number of hydrogen-bond acceptors (Lipinski definition) is 3. The number of morpholine rings is 1. The highest BCUT2D eigenvalue weighted by molar-refractivity contribution is 5.79. The van der Waals surface area contributed by atoms with Crippen molar-refractivity contribution in [3.05, 3.63) is 29.8 Å². The summed E-state index contributed by atoms with van der Waals surface area (Å²) in [4.78, 5) is 6.03. The van der Waals surface area contributed by atoms with Gasteiger partial charge in [0.25, 0.3) is 0 Å². The van der Waals surface area contributed by atoms with Gasteiger partial charge in [-0.3, -0.25) is 4.99 Å². The first kappa shape index (κ1) is 13.1. The molecule has 1 aliphatic heterocycles. The van der Waals surface area contributed by atoms with Crippen LogP contribution in [0, 0.1) is 0 Å². The molecule has 0 spiro atoms. The average molecular weight is 249 g/mol. The number of nitrogens with zero attached hydrogens (tertiary/aromatic N) is 1. The van der Waals surface area contributed by atoms with Gasteiger partial charge >= 0.3 is 0 Å². The molecule has 2 rings (SSSR count). The molecule has 0 unspecified atom stereocenters. The minimum atomic E-state index is 0.295. The highest BCUT2D eigenvalue weighted by Crippen LogP contribution is 2.07. The summed E-state index contributed by atoms with van der Waals surface area (Å²) >= 11 is 0. The molecule has 0 bridgehead atoms. The number of benzene rings is 1. The molecule has 0 aromatic heterocycles. The molecule has 0 aliphatic carbocycles. The fourth-order valence-corrected chi connectivity index (χ4v) is 2.06. The van der Waals surface area contributed by atoms with Crippen molar-refractivity contribution in [3.8, 4) is 5.75 Å². The summed E-state index contributed by atoms with van der Waals surface area (Å²) in [6, 6.07) is 7.09. The third-order valence-electron chi connectivity index (χ3n) is 3.15. The molecule has 1 saturated heterocycles. The molecule has 2 N–H and O–H groups in total. The molecule has 0 radical (unpaired) electrons. The van der Waals surface area contributed by atoms with E-state index in [4.69, 9.17) is 9.84 Å². The number of quaternary nitrogens is 1. The predicted octanol–water partition coefficient (Wildman–Crippen LogP) is 0.116. The number of rotatable bonds is 5. The zero-order chi connectivity index (χ0) is 12.6. The molecule has 0 saturated carbocycles. The summed E-state index contributed by atoms with van der Waals surface area (Å²) in [6.07, 6.45) is 2.98. The number of ether oxygens (including phenoxy) is 1. The number of phenols is 1. The molecule has 1 aliphatic rings. The van der Waals surface area contributed by atoms with Gasteiger partial charge in [-0.1, -0.05) is 0 Å². The maximum absolute atomic E-state index is 9.15. The molecule has 0 amide bonds. The van der Waals surface area contributed by atoms with Crippen LogP contribution in [0.3, 0.4) is 0 Å². The van der Waals surface area contributed by atoms with Crippen molar-refractivity contribution in [2.24, 2.45) is 4.99 Å². The van der Waals surface area contributed by atoms with E-state index in [0.29, 0.717) is 5.75 Å². The van der Waals surface area contributed by atoms with Gasteiger partial charge in [-0.15, -0.1) is 0 Å². The summed E-state index contributed by atoms with van der Waals surface area (Å²) in [6.45, 7) is 6.09. The summed E-state index contributed by atoms with van der Waals surface area (Å²) < 4.78 is 5.32. The van der Waals surface area contributed by atoms with Crippen molar-refractivity contribution in [1.29, 1.82) is 0 Å². The summed E-state index contributed by atoms with van der Waals surface area (Å²) in [7, 11) is 0. The van der Waals surface area contributed by atoms with Gasteiger partial charge in [-0.05, 0) is 29.8 Å². The highest BCUT2D eigenvalue weighted by Gasteiger charge is 2.12. The van der Waals surface area contributed by atoms with Crippen molar-refractivity contribution in [3.63, 3.8) is 0 Å². The van der Waals surface area contributed by atoms with Crippen LogP contribution in [0.15, 0.2) is 29.3 Å². The number of phenolic OH excluding ortho intramolecular Hbond substituents is 1. The third kappa shape index (κ3) is 4.47. The molecule has 1 heterocycles. The number of aliphatic imine (C=N–C) groups is 1. The molecule has 1 aromatic carbocycles. The Morgan fingerprint density at radius 2 is 1.94 bits per heavy atom. The van der Waals surface area contributed by atoms with Gasteiger partial charge in [0, 0.05) is 19.2 Å². The Balaban J connectivity index is 1.63. The van der Waals surface area contributed by atoms with E-state index >= 15 is 0 Å². The molecule has 1 fully saturated rings. The lowest BCUT2D eigenvalue weighted by molar-refractivity contribution is -0.908. The van der Waals surface area contributed by atoms with E-state index < -0.39 is 0 Å². The lowest BCUT2D eigenvalue weighted by Crippen LogP contribution is -3.14. The fourth-order valence-electron chi connectivity index (χ4n) is 2.06. The minimum Gasteiger partial charge on any atom is -0.508 e. The van der Waals surface area contributed by atoms with Crippen LogP contribution in [0.1, 0.15) is 12.0 Å². The summed E-state index contributed by atoms with van der Waals surface area (Å²) in [5.41, 5.74) is 1.03. The predicted molar refractivity (Wildman–Crippen MR) is 71.6 cm³/mol. The monoisotopic (exact) mass is 249 g/mol. The summed E-state index contributed by atoms with van der Waals surface area (Å²) in [5.74, 6) is 0.295. The standard InChI is InChI=1S/C14H20N2O2/c17-14-4-2-13(3-5-14)12-15-6-1-7-16-8-10-18-11-9-16/h2-5,12,17H,1,6-11H2/p+1. The van der Waals surface area contributed by atoms with E-state index in [1.807, 2.05) is 18.3 Å². The average Bonchev–Trinajstić information content (AvgIpc) is 2.42. The van der Waals surface area contributed by atoms with Crippen LogP contribution in [0.2, 0.25) is 0 Å². The van der Waals surface area contributed by atoms with Gasteiger partial charge in [-0.25, -0.2) is 0 Å². The lowest BCUT2D eigenvalue weighted by Gasteiger charge is -2.23. The van der Waals surface area contributed by atoms with Gasteiger partial charge in [-0.2, -0.15) is 0 Å². The minimum absolute atomic E-state index is 0.295. The number of aromatic hydroxyl groups is 1. The topological polar surface area (TPSA) is 46.3 Å². The normalized spacial score (nSPS) is 17.3. The fraction of sp³-hybridized carbons (Fsp3) is 0.500. The van der Waals surface area contributed by atoms with Gasteiger partial charge in [0.15, 0.2) is 0 Å². The van der Waals surface area contributed by atoms with Crippen LogP contribution < -0.4 is 4.90 Å². The van der Waals surface area contributed by atoms with Gasteiger partial charge in [0.2, 0.25) is 0 Å². The molecule has 98 valence electrons. The van der Waals surface area contributed by atoms with Crippen molar-refractivity contribution >= 4 is 6.21 Å². The Morgan fingerprint density at radius 3 is 2.67 bits per heavy atom. The maximum atomic E-state index is 9.15. The second-order valence-corrected chi connectivity index (χ2v) is 4.59. The SMILES string of the molecule is Oc1ccc(C=NCCC[NH+]2CCOCC2)cc1. The van der Waals surface area contributed by atoms with Crippen LogP contribution >= 0.6 is 0 Å². The van der Waals surface area contributed by atoms with E-state index in [1.165, 1.54) is 6.54 Å². The zero-order valence-corrected chi connectivity index (χ0v) is 10.6. The smallest absolute Gasteiger partial charge is 0.115 e. The quantitative estimate of drug-likeness (QED) is 0.575. The van der Waals surface area contributed by atoms with Crippen LogP contribution in [0.25, 0.3) is 0 Å². The second-order valence-electron chi connectivity index (χ2n) is 4.59. The van der Waals surface area contributed by atoms with Gasteiger partial charge in [0.1, 0.15) is 18.8 Å². The molecule has 0 atom stereocenters. The molecular formula is C14H21N2O2+. The lowest BCUT2D eigenvalue weighted by atomic mass is 10.2. The first-order valence-corrected chi connectivity index (χ1v) is 6.55. The van der Waals surface area contributed by atoms with Crippen molar-refractivity contribution < 1.29 is 14.7 Å². The Bertz CT molecular complexity index is 370. The maximum Gasteiger partial charge on any atom is 0.115 e. The van der Waals surface area contributed by atoms with Crippen LogP contribution in [-0.2, 0) is 4.74 Å². The molecule has 18 heavy (non-hydrogen) atoms. The van der Waals surface area contributed by atoms with E-state index in [9.17, 15) is 0 Å². The van der Waals surface area contributed by atoms with Crippen molar-refractivity contribution in [2.75, 3.05) is 39.4 Å². The van der Waals surface area contributed by atoms with E-state index in [-0.39, 0.29) is 0 Å². The Morgan fingerprint density at radius 1 is 1.22 bits per heavy atom. The highest BCUT2D eigenvalue weighted by atomic mass is 16.5. The molecule has 4 heteroatoms. The molecule has 4 nitrogen and oxygen atoms in total. The number of hydrogen-bond donors (Lipinski definition) is 2. The Labute approximate surface area is 108 Å². The largest absolute Gasteiger partial charge is 0.508 e. The Hall–Kier alpha value is -1.39. The molecular weight excluding hydrogens is 228 g/mol. The van der Waals surface area contributed by atoms with E-state index in [1.54, 1.807) is 17.0 Å². The van der Waals surface area contributed by atoms with Crippen LogP contribution in [-0.4, -0.2) is 50.7 Å². The molecule has 1 aromatic rings. The van der Waals surface area contributed by atoms with Crippen molar-refractivity contribution in [1.82, 2.24) is 0 Å². The van der Waals surface area contributed by atoms with Crippen molar-refractivity contribution in [2.45, 2.75) is 6.42 Å². The van der Waals surface area contributed by atoms with Gasteiger partial charge in [0.05, 0.1) is 19.8 Å². The Kier molecular flexibility index (Phi) is 5.17. The van der Waals surface area contributed by atoms with Crippen LogP contribution in [0.4, 0.5) is 0 Å². The second kappa shape index (κ2) is 7.13. The first-order valence-electron chi connectivity index (χ1n) is 6.55. The van der Waals surface area contributed by atoms with E-state index in [0.717, 1.165) is 44.8 Å². The summed E-state index contributed by atoms with van der Waals surface area (Å²) in [5, 5.41) is 9.15. The van der Waals surface area contributed by atoms with E-state index in [2.05, 4.69) is 4.99 Å².